The molecule has 3 nitrogen and oxygen atoms in total. The summed E-state index contributed by atoms with van der Waals surface area (Å²) in [5.74, 6) is 0. The smallest absolute Gasteiger partial charge is 0.207 e. The van der Waals surface area contributed by atoms with E-state index in [1.165, 1.54) is 40.9 Å². The minimum absolute atomic E-state index is 0.0909. The fourth-order valence-corrected chi connectivity index (χ4v) is 5.06. The summed E-state index contributed by atoms with van der Waals surface area (Å²) in [5, 5.41) is 2.50. The Morgan fingerprint density at radius 3 is 2.30 bits per heavy atom. The van der Waals surface area contributed by atoms with Gasteiger partial charge in [-0.2, -0.15) is 4.31 Å². The Balaban J connectivity index is 2.29. The normalized spacial score (nSPS) is 12.1. The molecule has 0 N–H and O–H groups in total. The highest BCUT2D eigenvalue weighted by molar-refractivity contribution is 9.10. The van der Waals surface area contributed by atoms with Crippen LogP contribution in [0.25, 0.3) is 0 Å². The van der Waals surface area contributed by atoms with Crippen molar-refractivity contribution in [2.24, 2.45) is 0 Å². The van der Waals surface area contributed by atoms with Crippen LogP contribution in [-0.4, -0.2) is 19.8 Å². The van der Waals surface area contributed by atoms with Crippen molar-refractivity contribution in [1.82, 2.24) is 4.31 Å². The van der Waals surface area contributed by atoms with E-state index in [1.54, 1.807) is 0 Å². The first-order valence-corrected chi connectivity index (χ1v) is 9.31. The maximum Gasteiger partial charge on any atom is 0.243 e. The minimum atomic E-state index is -3.62. The molecule has 0 saturated heterocycles. The molecule has 108 valence electrons. The van der Waals surface area contributed by atoms with E-state index in [0.717, 1.165) is 9.35 Å². The van der Waals surface area contributed by atoms with E-state index in [2.05, 4.69) is 15.9 Å². The fraction of sp³-hybridized carbons (Fsp3) is 0.167. The van der Waals surface area contributed by atoms with E-state index in [-0.39, 0.29) is 4.90 Å². The molecule has 1 aromatic carbocycles. The van der Waals surface area contributed by atoms with Crippen molar-refractivity contribution in [3.8, 4) is 0 Å². The van der Waals surface area contributed by atoms with Gasteiger partial charge in [-0.1, -0.05) is 23.2 Å². The van der Waals surface area contributed by atoms with Gasteiger partial charge in [0.15, 0.2) is 0 Å². The third kappa shape index (κ3) is 3.75. The molecule has 0 aliphatic heterocycles. The van der Waals surface area contributed by atoms with Gasteiger partial charge in [-0.3, -0.25) is 0 Å². The Bertz CT molecular complexity index is 711. The second-order valence-corrected chi connectivity index (χ2v) is 8.93. The van der Waals surface area contributed by atoms with E-state index in [0.29, 0.717) is 16.6 Å². The van der Waals surface area contributed by atoms with E-state index in [9.17, 15) is 8.42 Å². The van der Waals surface area contributed by atoms with Crippen LogP contribution in [0.2, 0.25) is 10.0 Å². The molecular formula is C12H10BrCl2NO2S2. The van der Waals surface area contributed by atoms with Crippen molar-refractivity contribution in [3.63, 3.8) is 0 Å². The summed E-state index contributed by atoms with van der Waals surface area (Å²) in [5.41, 5.74) is 0. The molecule has 1 aromatic heterocycles. The first-order valence-electron chi connectivity index (χ1n) is 5.44. The Kier molecular flexibility index (Phi) is 5.15. The quantitative estimate of drug-likeness (QED) is 0.730. The molecule has 1 heterocycles. The lowest BCUT2D eigenvalue weighted by molar-refractivity contribution is 0.469. The van der Waals surface area contributed by atoms with Crippen molar-refractivity contribution in [2.45, 2.75) is 11.4 Å². The summed E-state index contributed by atoms with van der Waals surface area (Å²) in [6.07, 6.45) is 0. The Morgan fingerprint density at radius 1 is 1.20 bits per heavy atom. The summed E-state index contributed by atoms with van der Waals surface area (Å²) in [6, 6.07) is 6.17. The molecule has 0 aliphatic rings. The van der Waals surface area contributed by atoms with Crippen molar-refractivity contribution < 1.29 is 8.42 Å². The molecule has 0 bridgehead atoms. The molecule has 0 saturated carbocycles. The lowest BCUT2D eigenvalue weighted by atomic mass is 10.4. The SMILES string of the molecule is CN(Cc1cc(Br)cs1)S(=O)(=O)c1cc(Cl)cc(Cl)c1. The Labute approximate surface area is 140 Å². The standard InChI is InChI=1S/C12H10BrCl2NO2S2/c1-16(6-11-2-8(13)7-19-11)20(17,18)12-4-9(14)3-10(15)5-12/h2-5,7H,6H2,1H3. The van der Waals surface area contributed by atoms with Gasteiger partial charge >= 0.3 is 0 Å². The maximum absolute atomic E-state index is 12.4. The van der Waals surface area contributed by atoms with Gasteiger partial charge in [0.25, 0.3) is 0 Å². The summed E-state index contributed by atoms with van der Waals surface area (Å²) in [6.45, 7) is 0.294. The molecule has 0 fully saturated rings. The number of sulfonamides is 1. The highest BCUT2D eigenvalue weighted by atomic mass is 79.9. The second kappa shape index (κ2) is 6.34. The zero-order chi connectivity index (χ0) is 14.9. The molecule has 0 aliphatic carbocycles. The predicted octanol–water partition coefficient (Wildman–Crippen LogP) is 4.64. The highest BCUT2D eigenvalue weighted by Crippen LogP contribution is 2.26. The van der Waals surface area contributed by atoms with Gasteiger partial charge in [0.1, 0.15) is 0 Å². The van der Waals surface area contributed by atoms with Crippen molar-refractivity contribution >= 4 is 60.5 Å². The topological polar surface area (TPSA) is 37.4 Å². The summed E-state index contributed by atoms with van der Waals surface area (Å²) >= 11 is 16.5. The predicted molar refractivity (Wildman–Crippen MR) is 87.1 cm³/mol. The van der Waals surface area contributed by atoms with Crippen molar-refractivity contribution in [2.75, 3.05) is 7.05 Å². The number of hydrogen-bond donors (Lipinski definition) is 0. The van der Waals surface area contributed by atoms with E-state index >= 15 is 0 Å². The summed E-state index contributed by atoms with van der Waals surface area (Å²) < 4.78 is 27.1. The van der Waals surface area contributed by atoms with Crippen LogP contribution in [0.15, 0.2) is 39.0 Å². The average Bonchev–Trinajstić information content (AvgIpc) is 2.73. The van der Waals surface area contributed by atoms with Gasteiger partial charge in [-0.25, -0.2) is 8.42 Å². The van der Waals surface area contributed by atoms with Crippen molar-refractivity contribution in [3.05, 3.63) is 49.0 Å². The van der Waals surface area contributed by atoms with Gasteiger partial charge in [0.2, 0.25) is 10.0 Å². The number of rotatable bonds is 4. The van der Waals surface area contributed by atoms with Crippen LogP contribution in [0.3, 0.4) is 0 Å². The zero-order valence-electron chi connectivity index (χ0n) is 10.3. The summed E-state index contributed by atoms with van der Waals surface area (Å²) in [7, 11) is -2.09. The van der Waals surface area contributed by atoms with E-state index in [1.807, 2.05) is 11.4 Å². The number of benzene rings is 1. The monoisotopic (exact) mass is 413 g/mol. The molecule has 2 aromatic rings. The van der Waals surface area contributed by atoms with Crippen LogP contribution in [-0.2, 0) is 16.6 Å². The molecule has 0 radical (unpaired) electrons. The first-order chi connectivity index (χ1) is 9.29. The highest BCUT2D eigenvalue weighted by Gasteiger charge is 2.22. The first kappa shape index (κ1) is 16.3. The Morgan fingerprint density at radius 2 is 1.80 bits per heavy atom. The minimum Gasteiger partial charge on any atom is -0.207 e. The van der Waals surface area contributed by atoms with Crippen molar-refractivity contribution in [1.29, 1.82) is 0 Å². The average molecular weight is 415 g/mol. The van der Waals surface area contributed by atoms with Crippen LogP contribution in [0.5, 0.6) is 0 Å². The number of thiophene rings is 1. The van der Waals surface area contributed by atoms with Gasteiger partial charge in [-0.15, -0.1) is 11.3 Å². The molecule has 0 amide bonds. The molecule has 8 heteroatoms. The third-order valence-corrected chi connectivity index (χ3v) is 6.44. The lowest BCUT2D eigenvalue weighted by Crippen LogP contribution is -2.26. The van der Waals surface area contributed by atoms with E-state index < -0.39 is 10.0 Å². The maximum atomic E-state index is 12.4. The van der Waals surface area contributed by atoms with E-state index in [4.69, 9.17) is 23.2 Å². The molecule has 20 heavy (non-hydrogen) atoms. The van der Waals surface area contributed by atoms with Crippen LogP contribution in [0.1, 0.15) is 4.88 Å². The Hall–Kier alpha value is -0.110. The van der Waals surface area contributed by atoms with Crippen LogP contribution >= 0.6 is 50.5 Å². The van der Waals surface area contributed by atoms with Crippen LogP contribution in [0, 0.1) is 0 Å². The molecule has 0 unspecified atom stereocenters. The lowest BCUT2D eigenvalue weighted by Gasteiger charge is -2.16. The fourth-order valence-electron chi connectivity index (χ4n) is 1.60. The molecule has 0 spiro atoms. The number of halogens is 3. The number of nitrogens with zero attached hydrogens (tertiary/aromatic N) is 1. The largest absolute Gasteiger partial charge is 0.243 e. The van der Waals surface area contributed by atoms with Gasteiger partial charge in [0, 0.05) is 38.4 Å². The van der Waals surface area contributed by atoms with Gasteiger partial charge in [0.05, 0.1) is 4.90 Å². The molecule has 0 atom stereocenters. The number of hydrogen-bond acceptors (Lipinski definition) is 3. The third-order valence-electron chi connectivity index (χ3n) is 2.54. The van der Waals surface area contributed by atoms with Crippen LogP contribution < -0.4 is 0 Å². The zero-order valence-corrected chi connectivity index (χ0v) is 15.0. The van der Waals surface area contributed by atoms with Crippen LogP contribution in [0.4, 0.5) is 0 Å². The van der Waals surface area contributed by atoms with Gasteiger partial charge in [-0.05, 0) is 40.2 Å². The molecule has 2 rings (SSSR count). The summed E-state index contributed by atoms with van der Waals surface area (Å²) in [4.78, 5) is 1.03. The second-order valence-electron chi connectivity index (χ2n) is 4.10. The molecular weight excluding hydrogens is 405 g/mol. The van der Waals surface area contributed by atoms with Gasteiger partial charge < -0.3 is 0 Å².